The van der Waals surface area contributed by atoms with E-state index in [1.54, 1.807) is 30.5 Å². The summed E-state index contributed by atoms with van der Waals surface area (Å²) < 4.78 is 0. The Bertz CT molecular complexity index is 421. The summed E-state index contributed by atoms with van der Waals surface area (Å²) in [5, 5.41) is 0. The van der Waals surface area contributed by atoms with E-state index >= 15 is 0 Å². The van der Waals surface area contributed by atoms with Gasteiger partial charge in [0.15, 0.2) is 0 Å². The molecule has 0 saturated carbocycles. The van der Waals surface area contributed by atoms with Crippen molar-refractivity contribution >= 4 is 11.8 Å². The van der Waals surface area contributed by atoms with Crippen LogP contribution in [0, 0.1) is 5.92 Å². The minimum absolute atomic E-state index is 0.282. The van der Waals surface area contributed by atoms with Crippen LogP contribution in [0.15, 0.2) is 42.6 Å². The normalized spacial score (nSPS) is 10.8. The Labute approximate surface area is 102 Å². The fourth-order valence-corrected chi connectivity index (χ4v) is 1.29. The zero-order chi connectivity index (χ0) is 12.8. The van der Waals surface area contributed by atoms with Crippen LogP contribution in [-0.4, -0.2) is 16.7 Å². The van der Waals surface area contributed by atoms with Crippen LogP contribution in [0.2, 0.25) is 0 Å². The second-order valence-electron chi connectivity index (χ2n) is 4.15. The molecule has 0 aromatic heterocycles. The van der Waals surface area contributed by atoms with Crippen molar-refractivity contribution in [2.24, 2.45) is 5.92 Å². The highest BCUT2D eigenvalue weighted by atomic mass is 16.2. The lowest BCUT2D eigenvalue weighted by atomic mass is 10.2. The van der Waals surface area contributed by atoms with E-state index in [1.807, 2.05) is 26.0 Å². The largest absolute Gasteiger partial charge is 0.274 e. The van der Waals surface area contributed by atoms with Gasteiger partial charge in [0.1, 0.15) is 0 Å². The van der Waals surface area contributed by atoms with Crippen molar-refractivity contribution in [2.75, 3.05) is 0 Å². The molecule has 0 spiro atoms. The van der Waals surface area contributed by atoms with E-state index in [2.05, 4.69) is 0 Å². The Morgan fingerprint density at radius 1 is 1.18 bits per heavy atom. The summed E-state index contributed by atoms with van der Waals surface area (Å²) in [6.45, 7) is 5.36. The van der Waals surface area contributed by atoms with Gasteiger partial charge in [0.05, 0.1) is 0 Å². The molecule has 1 aromatic carbocycles. The van der Waals surface area contributed by atoms with E-state index < -0.39 is 0 Å². The van der Waals surface area contributed by atoms with Gasteiger partial charge in [-0.2, -0.15) is 0 Å². The predicted octanol–water partition coefficient (Wildman–Crippen LogP) is 2.85. The fourth-order valence-electron chi connectivity index (χ4n) is 1.29. The first-order valence-electron chi connectivity index (χ1n) is 5.60. The minimum Gasteiger partial charge on any atom is -0.274 e. The molecule has 0 unspecified atom stereocenters. The molecule has 0 radical (unpaired) electrons. The van der Waals surface area contributed by atoms with E-state index in [0.717, 1.165) is 4.90 Å². The molecule has 0 bridgehead atoms. The fraction of sp³-hybridized carbons (Fsp3) is 0.286. The van der Waals surface area contributed by atoms with Crippen molar-refractivity contribution in [3.05, 3.63) is 48.2 Å². The number of hydrogen-bond acceptors (Lipinski definition) is 2. The molecule has 3 heteroatoms. The van der Waals surface area contributed by atoms with Crippen LogP contribution in [0.1, 0.15) is 31.1 Å². The molecule has 0 heterocycles. The van der Waals surface area contributed by atoms with Gasteiger partial charge in [-0.15, -0.1) is 0 Å². The van der Waals surface area contributed by atoms with E-state index in [1.165, 1.54) is 6.92 Å². The van der Waals surface area contributed by atoms with Crippen molar-refractivity contribution in [1.82, 2.24) is 4.90 Å². The number of allylic oxidation sites excluding steroid dienone is 1. The number of carbonyl (C=O) groups is 2. The van der Waals surface area contributed by atoms with Crippen LogP contribution >= 0.6 is 0 Å². The minimum atomic E-state index is -0.296. The monoisotopic (exact) mass is 231 g/mol. The lowest BCUT2D eigenvalue weighted by molar-refractivity contribution is -0.124. The molecule has 0 saturated heterocycles. The summed E-state index contributed by atoms with van der Waals surface area (Å²) in [6.07, 6.45) is 3.37. The SMILES string of the molecule is CC(=O)N(/C=C/C(C)C)C(=O)c1ccccc1. The maximum atomic E-state index is 12.1. The third-order valence-corrected chi connectivity index (χ3v) is 2.20. The molecule has 3 nitrogen and oxygen atoms in total. The number of benzene rings is 1. The number of carbonyl (C=O) groups excluding carboxylic acids is 2. The Kier molecular flexibility index (Phi) is 4.64. The third-order valence-electron chi connectivity index (χ3n) is 2.20. The van der Waals surface area contributed by atoms with Crippen molar-refractivity contribution in [2.45, 2.75) is 20.8 Å². The molecule has 90 valence electrons. The van der Waals surface area contributed by atoms with Crippen molar-refractivity contribution in [3.63, 3.8) is 0 Å². The molecule has 2 amide bonds. The topological polar surface area (TPSA) is 37.4 Å². The Morgan fingerprint density at radius 2 is 1.76 bits per heavy atom. The molecular formula is C14H17NO2. The summed E-state index contributed by atoms with van der Waals surface area (Å²) in [6, 6.07) is 8.78. The number of nitrogens with zero attached hydrogens (tertiary/aromatic N) is 1. The lowest BCUT2D eigenvalue weighted by Gasteiger charge is -2.14. The second-order valence-corrected chi connectivity index (χ2v) is 4.15. The van der Waals surface area contributed by atoms with Gasteiger partial charge in [-0.1, -0.05) is 38.1 Å². The van der Waals surface area contributed by atoms with Gasteiger partial charge in [0.2, 0.25) is 5.91 Å². The van der Waals surface area contributed by atoms with Gasteiger partial charge < -0.3 is 0 Å². The van der Waals surface area contributed by atoms with E-state index in [4.69, 9.17) is 0 Å². The predicted molar refractivity (Wildman–Crippen MR) is 67.3 cm³/mol. The molecule has 1 aromatic rings. The maximum Gasteiger partial charge on any atom is 0.264 e. The number of hydrogen-bond donors (Lipinski definition) is 0. The van der Waals surface area contributed by atoms with Crippen LogP contribution in [0.4, 0.5) is 0 Å². The summed E-state index contributed by atoms with van der Waals surface area (Å²) >= 11 is 0. The van der Waals surface area contributed by atoms with Crippen LogP contribution in [-0.2, 0) is 4.79 Å². The highest BCUT2D eigenvalue weighted by molar-refractivity contribution is 6.04. The number of amides is 2. The number of imide groups is 1. The molecule has 0 aliphatic rings. The average molecular weight is 231 g/mol. The molecular weight excluding hydrogens is 214 g/mol. The molecule has 0 aliphatic carbocycles. The maximum absolute atomic E-state index is 12.1. The zero-order valence-corrected chi connectivity index (χ0v) is 10.4. The quantitative estimate of drug-likeness (QED) is 0.802. The molecule has 0 N–H and O–H groups in total. The highest BCUT2D eigenvalue weighted by Gasteiger charge is 2.16. The standard InChI is InChI=1S/C14H17NO2/c1-11(2)9-10-15(12(3)16)14(17)13-7-5-4-6-8-13/h4-11H,1-3H3/b10-9+. The molecule has 17 heavy (non-hydrogen) atoms. The zero-order valence-electron chi connectivity index (χ0n) is 10.4. The van der Waals surface area contributed by atoms with Crippen molar-refractivity contribution in [1.29, 1.82) is 0 Å². The molecule has 0 fully saturated rings. The Morgan fingerprint density at radius 3 is 2.24 bits per heavy atom. The van der Waals surface area contributed by atoms with Gasteiger partial charge in [-0.25, -0.2) is 0 Å². The van der Waals surface area contributed by atoms with Crippen molar-refractivity contribution < 1.29 is 9.59 Å². The van der Waals surface area contributed by atoms with Crippen LogP contribution in [0.3, 0.4) is 0 Å². The highest BCUT2D eigenvalue weighted by Crippen LogP contribution is 2.07. The second kappa shape index (κ2) is 5.99. The van der Waals surface area contributed by atoms with Crippen LogP contribution in [0.25, 0.3) is 0 Å². The first-order chi connectivity index (χ1) is 8.02. The molecule has 1 rings (SSSR count). The average Bonchev–Trinajstić information content (AvgIpc) is 2.29. The van der Waals surface area contributed by atoms with E-state index in [-0.39, 0.29) is 11.8 Å². The summed E-state index contributed by atoms with van der Waals surface area (Å²) in [5.41, 5.74) is 0.510. The van der Waals surface area contributed by atoms with E-state index in [0.29, 0.717) is 11.5 Å². The Hall–Kier alpha value is -1.90. The van der Waals surface area contributed by atoms with Crippen molar-refractivity contribution in [3.8, 4) is 0 Å². The molecule has 0 atom stereocenters. The molecule has 0 aliphatic heterocycles. The smallest absolute Gasteiger partial charge is 0.264 e. The first kappa shape index (κ1) is 13.2. The number of rotatable bonds is 3. The Balaban J connectivity index is 2.93. The van der Waals surface area contributed by atoms with Gasteiger partial charge >= 0.3 is 0 Å². The summed E-state index contributed by atoms with van der Waals surface area (Å²) in [4.78, 5) is 24.6. The van der Waals surface area contributed by atoms with Gasteiger partial charge in [0, 0.05) is 18.7 Å². The van der Waals surface area contributed by atoms with Gasteiger partial charge in [0.25, 0.3) is 5.91 Å². The van der Waals surface area contributed by atoms with E-state index in [9.17, 15) is 9.59 Å². The van der Waals surface area contributed by atoms with Crippen LogP contribution in [0.5, 0.6) is 0 Å². The van der Waals surface area contributed by atoms with Gasteiger partial charge in [-0.3, -0.25) is 14.5 Å². The first-order valence-corrected chi connectivity index (χ1v) is 5.60. The summed E-state index contributed by atoms with van der Waals surface area (Å²) in [5.74, 6) is -0.286. The van der Waals surface area contributed by atoms with Gasteiger partial charge in [-0.05, 0) is 18.1 Å². The van der Waals surface area contributed by atoms with Crippen LogP contribution < -0.4 is 0 Å². The third kappa shape index (κ3) is 3.87. The lowest BCUT2D eigenvalue weighted by Crippen LogP contribution is -2.30. The summed E-state index contributed by atoms with van der Waals surface area (Å²) in [7, 11) is 0.